The van der Waals surface area contributed by atoms with E-state index in [1.54, 1.807) is 31.6 Å². The summed E-state index contributed by atoms with van der Waals surface area (Å²) in [7, 11) is 1.61. The number of thioether (sulfide) groups is 1. The van der Waals surface area contributed by atoms with E-state index in [1.807, 2.05) is 24.3 Å². The molecule has 3 heterocycles. The largest absolute Gasteiger partial charge is 0.497 e. The Bertz CT molecular complexity index is 1040. The first-order chi connectivity index (χ1) is 12.1. The zero-order valence-corrected chi connectivity index (χ0v) is 13.9. The Kier molecular flexibility index (Phi) is 3.77. The molecule has 1 fully saturated rings. The molecule has 1 aromatic carbocycles. The lowest BCUT2D eigenvalue weighted by atomic mass is 10.1. The van der Waals surface area contributed by atoms with E-state index in [0.717, 1.165) is 34.0 Å². The Hall–Kier alpha value is -3.06. The van der Waals surface area contributed by atoms with Crippen LogP contribution in [0.5, 0.6) is 5.75 Å². The van der Waals surface area contributed by atoms with Crippen LogP contribution in [0.3, 0.4) is 0 Å². The van der Waals surface area contributed by atoms with Crippen LogP contribution in [-0.2, 0) is 4.79 Å². The van der Waals surface area contributed by atoms with Crippen molar-refractivity contribution in [3.8, 4) is 16.9 Å². The number of hydrogen-bond donors (Lipinski definition) is 1. The summed E-state index contributed by atoms with van der Waals surface area (Å²) in [6.07, 6.45) is 4.97. The maximum Gasteiger partial charge on any atom is 0.290 e. The zero-order chi connectivity index (χ0) is 17.4. The molecule has 0 radical (unpaired) electrons. The van der Waals surface area contributed by atoms with Gasteiger partial charge in [-0.2, -0.15) is 0 Å². The lowest BCUT2D eigenvalue weighted by Gasteiger charge is -2.04. The lowest BCUT2D eigenvalue weighted by molar-refractivity contribution is -0.115. The van der Waals surface area contributed by atoms with Crippen molar-refractivity contribution in [2.45, 2.75) is 0 Å². The third-order valence-electron chi connectivity index (χ3n) is 3.74. The Morgan fingerprint density at radius 3 is 2.88 bits per heavy atom. The molecule has 1 aliphatic rings. The molecule has 0 aliphatic carbocycles. The van der Waals surface area contributed by atoms with Crippen LogP contribution >= 0.6 is 11.8 Å². The summed E-state index contributed by atoms with van der Waals surface area (Å²) in [5, 5.41) is 2.64. The van der Waals surface area contributed by atoms with E-state index < -0.39 is 5.91 Å². The van der Waals surface area contributed by atoms with Gasteiger partial charge in [-0.25, -0.2) is 0 Å². The molecule has 1 saturated heterocycles. The van der Waals surface area contributed by atoms with Crippen LogP contribution in [0.1, 0.15) is 5.76 Å². The van der Waals surface area contributed by atoms with Crippen LogP contribution in [0.4, 0.5) is 4.79 Å². The van der Waals surface area contributed by atoms with Crippen LogP contribution in [0.25, 0.3) is 28.2 Å². The molecule has 2 aromatic heterocycles. The van der Waals surface area contributed by atoms with Crippen LogP contribution < -0.4 is 10.1 Å². The molecule has 25 heavy (non-hydrogen) atoms. The van der Waals surface area contributed by atoms with E-state index >= 15 is 0 Å². The van der Waals surface area contributed by atoms with Crippen LogP contribution in [0.2, 0.25) is 0 Å². The highest BCUT2D eigenvalue weighted by Gasteiger charge is 2.25. The minimum absolute atomic E-state index is 0.306. The van der Waals surface area contributed by atoms with Gasteiger partial charge in [-0.3, -0.25) is 19.9 Å². The van der Waals surface area contributed by atoms with Crippen molar-refractivity contribution in [3.63, 3.8) is 0 Å². The Balaban J connectivity index is 1.80. The quantitative estimate of drug-likeness (QED) is 0.722. The van der Waals surface area contributed by atoms with Crippen molar-refractivity contribution in [2.24, 2.45) is 0 Å². The summed E-state index contributed by atoms with van der Waals surface area (Å²) in [6.45, 7) is 0. The van der Waals surface area contributed by atoms with Gasteiger partial charge in [0.15, 0.2) is 0 Å². The molecule has 7 heteroatoms. The first kappa shape index (κ1) is 15.5. The van der Waals surface area contributed by atoms with Gasteiger partial charge in [0.25, 0.3) is 11.1 Å². The van der Waals surface area contributed by atoms with Crippen LogP contribution in [0, 0.1) is 0 Å². The average molecular weight is 352 g/mol. The number of benzene rings is 1. The highest BCUT2D eigenvalue weighted by Crippen LogP contribution is 2.33. The van der Waals surface area contributed by atoms with E-state index in [0.29, 0.717) is 16.2 Å². The molecule has 0 bridgehead atoms. The molecule has 6 nitrogen and oxygen atoms in total. The van der Waals surface area contributed by atoms with Crippen LogP contribution in [0.15, 0.2) is 52.0 Å². The third-order valence-corrected chi connectivity index (χ3v) is 4.55. The molecular weight excluding hydrogens is 340 g/mol. The maximum atomic E-state index is 11.7. The minimum atomic E-state index is -0.415. The second-order valence-electron chi connectivity index (χ2n) is 5.34. The third kappa shape index (κ3) is 2.89. The molecule has 0 spiro atoms. The Labute approximate surface area is 146 Å². The van der Waals surface area contributed by atoms with Crippen molar-refractivity contribution in [3.05, 3.63) is 53.4 Å². The monoisotopic (exact) mass is 352 g/mol. The van der Waals surface area contributed by atoms with E-state index in [4.69, 9.17) is 9.15 Å². The molecule has 124 valence electrons. The molecular formula is C18H12N2O4S. The summed E-state index contributed by atoms with van der Waals surface area (Å²) >= 11 is 0.853. The fraction of sp³-hybridized carbons (Fsp3) is 0.0556. The van der Waals surface area contributed by atoms with Crippen molar-refractivity contribution < 1.29 is 18.7 Å². The number of imide groups is 1. The molecule has 0 atom stereocenters. The summed E-state index contributed by atoms with van der Waals surface area (Å²) in [6, 6.07) is 9.39. The SMILES string of the molecule is COc1cccc(-c2cncc3cc(/C=C4\SC(=O)NC4=O)oc23)c1. The first-order valence-corrected chi connectivity index (χ1v) is 8.22. The molecule has 3 aromatic rings. The highest BCUT2D eigenvalue weighted by atomic mass is 32.2. The Morgan fingerprint density at radius 2 is 2.12 bits per heavy atom. The normalized spacial score (nSPS) is 15.8. The summed E-state index contributed by atoms with van der Waals surface area (Å²) in [5.41, 5.74) is 2.39. The van der Waals surface area contributed by atoms with E-state index in [1.165, 1.54) is 0 Å². The second kappa shape index (κ2) is 6.10. The lowest BCUT2D eigenvalue weighted by Crippen LogP contribution is -2.17. The van der Waals surface area contributed by atoms with Crippen molar-refractivity contribution in [2.75, 3.05) is 7.11 Å². The van der Waals surface area contributed by atoms with Gasteiger partial charge in [-0.15, -0.1) is 0 Å². The van der Waals surface area contributed by atoms with E-state index in [-0.39, 0.29) is 5.24 Å². The molecule has 1 aliphatic heterocycles. The minimum Gasteiger partial charge on any atom is -0.497 e. The number of furan rings is 1. The number of carbonyl (C=O) groups is 2. The van der Waals surface area contributed by atoms with Gasteiger partial charge in [-0.1, -0.05) is 12.1 Å². The molecule has 0 unspecified atom stereocenters. The van der Waals surface area contributed by atoms with Crippen molar-refractivity contribution in [1.82, 2.24) is 10.3 Å². The Morgan fingerprint density at radius 1 is 1.24 bits per heavy atom. The summed E-state index contributed by atoms with van der Waals surface area (Å²) < 4.78 is 11.2. The fourth-order valence-electron chi connectivity index (χ4n) is 2.60. The van der Waals surface area contributed by atoms with Gasteiger partial charge >= 0.3 is 0 Å². The summed E-state index contributed by atoms with van der Waals surface area (Å²) in [4.78, 5) is 27.5. The standard InChI is InChI=1S/C18H12N2O4S/c1-23-12-4-2-3-10(5-12)14-9-19-8-11-6-13(24-16(11)14)7-15-17(21)20-18(22)25-15/h2-9H,1H3,(H,20,21,22)/b15-7-. The molecule has 4 rings (SSSR count). The number of carbonyl (C=O) groups excluding carboxylic acids is 2. The van der Waals surface area contributed by atoms with Crippen molar-refractivity contribution >= 4 is 40.0 Å². The van der Waals surface area contributed by atoms with Gasteiger partial charge in [-0.05, 0) is 35.5 Å². The van der Waals surface area contributed by atoms with Gasteiger partial charge in [0, 0.05) is 29.4 Å². The zero-order valence-electron chi connectivity index (χ0n) is 13.1. The number of fused-ring (bicyclic) bond motifs is 1. The van der Waals surface area contributed by atoms with Crippen LogP contribution in [-0.4, -0.2) is 23.2 Å². The number of aromatic nitrogens is 1. The topological polar surface area (TPSA) is 81.4 Å². The number of nitrogens with zero attached hydrogens (tertiary/aromatic N) is 1. The van der Waals surface area contributed by atoms with E-state index in [9.17, 15) is 9.59 Å². The first-order valence-electron chi connectivity index (χ1n) is 7.41. The predicted molar refractivity (Wildman–Crippen MR) is 95.1 cm³/mol. The van der Waals surface area contributed by atoms with Gasteiger partial charge < -0.3 is 9.15 Å². The average Bonchev–Trinajstić information content (AvgIpc) is 3.17. The molecule has 2 amide bonds. The molecule has 0 saturated carbocycles. The number of rotatable bonds is 3. The number of amides is 2. The number of methoxy groups -OCH3 is 1. The summed E-state index contributed by atoms with van der Waals surface area (Å²) in [5.74, 6) is 0.807. The van der Waals surface area contributed by atoms with Crippen molar-refractivity contribution in [1.29, 1.82) is 0 Å². The van der Waals surface area contributed by atoms with E-state index in [2.05, 4.69) is 10.3 Å². The second-order valence-corrected chi connectivity index (χ2v) is 6.35. The number of nitrogens with one attached hydrogen (secondary N) is 1. The predicted octanol–water partition coefficient (Wildman–Crippen LogP) is 3.83. The van der Waals surface area contributed by atoms with Gasteiger partial charge in [0.2, 0.25) is 0 Å². The number of hydrogen-bond acceptors (Lipinski definition) is 6. The smallest absolute Gasteiger partial charge is 0.290 e. The number of ether oxygens (including phenoxy) is 1. The van der Waals surface area contributed by atoms with Gasteiger partial charge in [0.05, 0.1) is 12.0 Å². The fourth-order valence-corrected chi connectivity index (χ4v) is 3.26. The number of pyridine rings is 1. The maximum absolute atomic E-state index is 11.7. The van der Waals surface area contributed by atoms with Gasteiger partial charge in [0.1, 0.15) is 17.1 Å². The molecule has 1 N–H and O–H groups in total. The highest BCUT2D eigenvalue weighted by molar-refractivity contribution is 8.18.